The zero-order chi connectivity index (χ0) is 22.8. The fraction of sp³-hybridized carbons (Fsp3) is 0.455. The van der Waals surface area contributed by atoms with Crippen LogP contribution in [0.1, 0.15) is 32.1 Å². The summed E-state index contributed by atoms with van der Waals surface area (Å²) in [4.78, 5) is 28.1. The molecular formula is C22H24ClFN6O3. The number of carbonyl (C=O) groups excluding carboxylic acids is 1. The lowest BCUT2D eigenvalue weighted by Crippen LogP contribution is -2.43. The summed E-state index contributed by atoms with van der Waals surface area (Å²) in [5.41, 5.74) is 1.33. The lowest BCUT2D eigenvalue weighted by molar-refractivity contribution is 0.0794. The number of nitrogens with one attached hydrogen (secondary N) is 3. The number of carbonyl (C=O) groups is 1. The molecule has 33 heavy (non-hydrogen) atoms. The van der Waals surface area contributed by atoms with Crippen LogP contribution < -0.4 is 10.6 Å². The Morgan fingerprint density at radius 1 is 1.24 bits per heavy atom. The van der Waals surface area contributed by atoms with E-state index in [1.54, 1.807) is 18.5 Å². The van der Waals surface area contributed by atoms with E-state index in [0.717, 1.165) is 37.3 Å². The number of ether oxygens (including phenoxy) is 2. The van der Waals surface area contributed by atoms with Crippen molar-refractivity contribution >= 4 is 34.5 Å². The van der Waals surface area contributed by atoms with E-state index in [1.807, 2.05) is 0 Å². The SMILES string of the molecule is O=C(N[C@@H]1CCCC(Nc2nc(-c3c[nH]c4ncc(Cl)cc34)ncc2F)C1)O[C@H]1CCOC1. The first-order valence-corrected chi connectivity index (χ1v) is 11.4. The van der Waals surface area contributed by atoms with Gasteiger partial charge >= 0.3 is 6.09 Å². The molecule has 4 heterocycles. The molecule has 1 amide bonds. The van der Waals surface area contributed by atoms with Crippen molar-refractivity contribution in [1.29, 1.82) is 0 Å². The molecule has 1 saturated heterocycles. The molecule has 3 aromatic heterocycles. The number of hydrogen-bond acceptors (Lipinski definition) is 7. The molecule has 11 heteroatoms. The number of halogens is 2. The molecule has 1 saturated carbocycles. The summed E-state index contributed by atoms with van der Waals surface area (Å²) in [6.07, 6.45) is 7.74. The number of amides is 1. The maximum Gasteiger partial charge on any atom is 0.407 e. The lowest BCUT2D eigenvalue weighted by Gasteiger charge is -2.30. The molecule has 3 N–H and O–H groups in total. The van der Waals surface area contributed by atoms with Crippen molar-refractivity contribution in [2.24, 2.45) is 0 Å². The highest BCUT2D eigenvalue weighted by atomic mass is 35.5. The van der Waals surface area contributed by atoms with Crippen molar-refractivity contribution in [2.75, 3.05) is 18.5 Å². The van der Waals surface area contributed by atoms with E-state index < -0.39 is 11.9 Å². The van der Waals surface area contributed by atoms with E-state index in [1.165, 1.54) is 0 Å². The standard InChI is InChI=1S/C22H24ClFN6O3/c23-12-6-16-17(9-26-19(16)25-8-12)20-27-10-18(24)21(30-20)28-13-2-1-3-14(7-13)29-22(31)33-15-4-5-32-11-15/h6,8-10,13-15H,1-5,7,11H2,(H,25,26)(H,29,31)(H,27,28,30)/t13?,14-,15+/m1/s1. The van der Waals surface area contributed by atoms with Gasteiger partial charge in [-0.1, -0.05) is 11.6 Å². The zero-order valence-electron chi connectivity index (χ0n) is 17.8. The van der Waals surface area contributed by atoms with E-state index in [2.05, 4.69) is 30.6 Å². The molecule has 2 fully saturated rings. The number of aromatic amines is 1. The van der Waals surface area contributed by atoms with E-state index in [9.17, 15) is 9.18 Å². The quantitative estimate of drug-likeness (QED) is 0.511. The maximum atomic E-state index is 14.5. The van der Waals surface area contributed by atoms with Gasteiger partial charge in [0.05, 0.1) is 24.4 Å². The van der Waals surface area contributed by atoms with Crippen LogP contribution in [0, 0.1) is 5.82 Å². The van der Waals surface area contributed by atoms with Crippen LogP contribution in [0.25, 0.3) is 22.4 Å². The van der Waals surface area contributed by atoms with Crippen molar-refractivity contribution in [3.8, 4) is 11.4 Å². The van der Waals surface area contributed by atoms with Crippen molar-refractivity contribution in [3.05, 3.63) is 35.5 Å². The molecule has 1 aliphatic carbocycles. The average Bonchev–Trinajstić information content (AvgIpc) is 3.45. The summed E-state index contributed by atoms with van der Waals surface area (Å²) < 4.78 is 25.2. The Morgan fingerprint density at radius 2 is 2.12 bits per heavy atom. The fourth-order valence-corrected chi connectivity index (χ4v) is 4.52. The number of H-pyrrole nitrogens is 1. The van der Waals surface area contributed by atoms with Crippen LogP contribution in [0.5, 0.6) is 0 Å². The van der Waals surface area contributed by atoms with E-state index >= 15 is 0 Å². The van der Waals surface area contributed by atoms with Crippen LogP contribution in [0.3, 0.4) is 0 Å². The molecule has 0 aromatic carbocycles. The molecule has 9 nitrogen and oxygen atoms in total. The number of alkyl carbamates (subject to hydrolysis) is 1. The van der Waals surface area contributed by atoms with Crippen molar-refractivity contribution in [1.82, 2.24) is 25.3 Å². The minimum absolute atomic E-state index is 0.0461. The smallest absolute Gasteiger partial charge is 0.407 e. The van der Waals surface area contributed by atoms with Gasteiger partial charge in [-0.3, -0.25) is 0 Å². The molecule has 3 aromatic rings. The van der Waals surface area contributed by atoms with E-state index in [-0.39, 0.29) is 24.0 Å². The third-order valence-electron chi connectivity index (χ3n) is 5.98. The van der Waals surface area contributed by atoms with Gasteiger partial charge in [0.2, 0.25) is 0 Å². The van der Waals surface area contributed by atoms with Gasteiger partial charge in [0.1, 0.15) is 11.8 Å². The highest BCUT2D eigenvalue weighted by Crippen LogP contribution is 2.29. The van der Waals surface area contributed by atoms with Gasteiger partial charge in [-0.05, 0) is 31.7 Å². The van der Waals surface area contributed by atoms with Crippen molar-refractivity contribution in [2.45, 2.75) is 50.3 Å². The molecule has 174 valence electrons. The van der Waals surface area contributed by atoms with Gasteiger partial charge < -0.3 is 25.1 Å². The van der Waals surface area contributed by atoms with Gasteiger partial charge in [-0.15, -0.1) is 0 Å². The van der Waals surface area contributed by atoms with Crippen LogP contribution in [-0.2, 0) is 9.47 Å². The van der Waals surface area contributed by atoms with Gasteiger partial charge in [-0.25, -0.2) is 24.1 Å². The Labute approximate surface area is 194 Å². The first-order valence-electron chi connectivity index (χ1n) is 11.0. The average molecular weight is 475 g/mol. The molecule has 2 aliphatic rings. The molecular weight excluding hydrogens is 451 g/mol. The summed E-state index contributed by atoms with van der Waals surface area (Å²) >= 11 is 6.08. The minimum Gasteiger partial charge on any atom is -0.444 e. The summed E-state index contributed by atoms with van der Waals surface area (Å²) in [5, 5.41) is 7.37. The Hall–Kier alpha value is -2.98. The second kappa shape index (κ2) is 9.48. The van der Waals surface area contributed by atoms with Gasteiger partial charge in [0, 0.05) is 41.8 Å². The maximum absolute atomic E-state index is 14.5. The number of fused-ring (bicyclic) bond motifs is 1. The Morgan fingerprint density at radius 3 is 2.97 bits per heavy atom. The second-order valence-corrected chi connectivity index (χ2v) is 8.82. The first-order chi connectivity index (χ1) is 16.0. The third kappa shape index (κ3) is 5.01. The fourth-order valence-electron chi connectivity index (χ4n) is 4.36. The second-order valence-electron chi connectivity index (χ2n) is 8.38. The third-order valence-corrected chi connectivity index (χ3v) is 6.19. The highest BCUT2D eigenvalue weighted by Gasteiger charge is 2.27. The molecule has 1 unspecified atom stereocenters. The number of pyridine rings is 1. The van der Waals surface area contributed by atoms with Crippen molar-refractivity contribution in [3.63, 3.8) is 0 Å². The Bertz CT molecular complexity index is 1150. The van der Waals surface area contributed by atoms with E-state index in [0.29, 0.717) is 41.7 Å². The van der Waals surface area contributed by atoms with Crippen LogP contribution >= 0.6 is 11.6 Å². The molecule has 5 rings (SSSR count). The first kappa shape index (κ1) is 21.8. The van der Waals surface area contributed by atoms with Crippen LogP contribution in [0.2, 0.25) is 5.02 Å². The molecule has 1 aliphatic heterocycles. The number of rotatable bonds is 5. The number of nitrogens with zero attached hydrogens (tertiary/aromatic N) is 3. The summed E-state index contributed by atoms with van der Waals surface area (Å²) in [6, 6.07) is 1.66. The molecule has 3 atom stereocenters. The lowest BCUT2D eigenvalue weighted by atomic mass is 9.91. The highest BCUT2D eigenvalue weighted by molar-refractivity contribution is 6.31. The Kier molecular flexibility index (Phi) is 6.28. The molecule has 0 spiro atoms. The van der Waals surface area contributed by atoms with Gasteiger partial charge in [-0.2, -0.15) is 0 Å². The Balaban J connectivity index is 1.26. The number of aromatic nitrogens is 4. The van der Waals surface area contributed by atoms with Gasteiger partial charge in [0.25, 0.3) is 0 Å². The predicted molar refractivity (Wildman–Crippen MR) is 121 cm³/mol. The van der Waals surface area contributed by atoms with Crippen molar-refractivity contribution < 1.29 is 18.7 Å². The zero-order valence-corrected chi connectivity index (χ0v) is 18.6. The van der Waals surface area contributed by atoms with Crippen LogP contribution in [0.4, 0.5) is 15.0 Å². The molecule has 0 bridgehead atoms. The van der Waals surface area contributed by atoms with Crippen LogP contribution in [0.15, 0.2) is 24.7 Å². The predicted octanol–water partition coefficient (Wildman–Crippen LogP) is 4.05. The van der Waals surface area contributed by atoms with Gasteiger partial charge in [0.15, 0.2) is 17.5 Å². The number of hydrogen-bond donors (Lipinski definition) is 3. The molecule has 0 radical (unpaired) electrons. The normalized spacial score (nSPS) is 22.9. The van der Waals surface area contributed by atoms with Crippen LogP contribution in [-0.4, -0.2) is 57.4 Å². The monoisotopic (exact) mass is 474 g/mol. The largest absolute Gasteiger partial charge is 0.444 e. The number of anilines is 1. The topological polar surface area (TPSA) is 114 Å². The summed E-state index contributed by atoms with van der Waals surface area (Å²) in [5.74, 6) is -0.0480. The summed E-state index contributed by atoms with van der Waals surface area (Å²) in [7, 11) is 0. The summed E-state index contributed by atoms with van der Waals surface area (Å²) in [6.45, 7) is 1.05. The minimum atomic E-state index is -0.537. The van der Waals surface area contributed by atoms with E-state index in [4.69, 9.17) is 21.1 Å².